The van der Waals surface area contributed by atoms with Gasteiger partial charge in [-0.05, 0) is 25.0 Å². The lowest BCUT2D eigenvalue weighted by Crippen LogP contribution is -2.42. The first kappa shape index (κ1) is 15.7. The Morgan fingerprint density at radius 1 is 1.26 bits per heavy atom. The summed E-state index contributed by atoms with van der Waals surface area (Å²) in [6.45, 7) is 0.898. The van der Waals surface area contributed by atoms with E-state index in [1.165, 1.54) is 0 Å². The molecule has 0 bridgehead atoms. The number of hydrogen-bond donors (Lipinski definition) is 2. The van der Waals surface area contributed by atoms with Crippen molar-refractivity contribution in [1.29, 1.82) is 0 Å². The number of urea groups is 1. The Kier molecular flexibility index (Phi) is 4.47. The highest BCUT2D eigenvalue weighted by molar-refractivity contribution is 9.10. The summed E-state index contributed by atoms with van der Waals surface area (Å²) in [6, 6.07) is 7.23. The molecule has 2 heterocycles. The van der Waals surface area contributed by atoms with Gasteiger partial charge in [0.25, 0.3) is 0 Å². The molecule has 0 spiro atoms. The molecule has 3 rings (SSSR count). The number of aliphatic carboxylic acids is 1. The molecule has 2 aromatic rings. The van der Waals surface area contributed by atoms with Gasteiger partial charge in [0.2, 0.25) is 0 Å². The van der Waals surface area contributed by atoms with Crippen LogP contribution in [0.3, 0.4) is 0 Å². The van der Waals surface area contributed by atoms with E-state index in [1.54, 1.807) is 11.1 Å². The number of anilines is 1. The molecule has 1 saturated heterocycles. The second-order valence-corrected chi connectivity index (χ2v) is 6.38. The van der Waals surface area contributed by atoms with Crippen molar-refractivity contribution in [3.05, 3.63) is 34.9 Å². The van der Waals surface area contributed by atoms with E-state index in [2.05, 4.69) is 26.2 Å². The highest BCUT2D eigenvalue weighted by atomic mass is 79.9. The van der Waals surface area contributed by atoms with Gasteiger partial charge in [-0.3, -0.25) is 9.78 Å². The van der Waals surface area contributed by atoms with E-state index in [-0.39, 0.29) is 11.9 Å². The molecule has 120 valence electrons. The number of para-hydroxylation sites is 1. The standard InChI is InChI=1S/C16H16BrN3O3/c17-12-4-7-18-14-11(12)2-1-3-13(14)19-16(23)20-8-5-10(6-9-20)15(21)22/h1-4,7,10H,5-6,8-9H2,(H,19,23)(H,21,22). The highest BCUT2D eigenvalue weighted by Crippen LogP contribution is 2.27. The SMILES string of the molecule is O=C(O)C1CCN(C(=O)Nc2cccc3c(Br)ccnc23)CC1. The molecular weight excluding hydrogens is 362 g/mol. The van der Waals surface area contributed by atoms with Crippen LogP contribution < -0.4 is 5.32 Å². The minimum Gasteiger partial charge on any atom is -0.481 e. The molecule has 0 radical (unpaired) electrons. The number of carbonyl (C=O) groups excluding carboxylic acids is 1. The van der Waals surface area contributed by atoms with Crippen molar-refractivity contribution in [2.24, 2.45) is 5.92 Å². The maximum absolute atomic E-state index is 12.4. The fourth-order valence-electron chi connectivity index (χ4n) is 2.77. The number of aromatic nitrogens is 1. The van der Waals surface area contributed by atoms with Gasteiger partial charge in [0.1, 0.15) is 0 Å². The van der Waals surface area contributed by atoms with Crippen LogP contribution in [0, 0.1) is 5.92 Å². The molecule has 7 heteroatoms. The molecule has 0 saturated carbocycles. The summed E-state index contributed by atoms with van der Waals surface area (Å²) in [6.07, 6.45) is 2.66. The lowest BCUT2D eigenvalue weighted by molar-refractivity contribution is -0.143. The van der Waals surface area contributed by atoms with Gasteiger partial charge in [0, 0.05) is 29.1 Å². The molecule has 0 aliphatic carbocycles. The Hall–Kier alpha value is -2.15. The molecule has 2 N–H and O–H groups in total. The topological polar surface area (TPSA) is 82.5 Å². The first-order valence-corrected chi connectivity index (χ1v) is 8.17. The average Bonchev–Trinajstić information content (AvgIpc) is 2.56. The van der Waals surface area contributed by atoms with Gasteiger partial charge < -0.3 is 15.3 Å². The number of carboxylic acid groups (broad SMARTS) is 1. The number of hydrogen-bond acceptors (Lipinski definition) is 3. The molecular formula is C16H16BrN3O3. The summed E-state index contributed by atoms with van der Waals surface area (Å²) in [5.74, 6) is -1.14. The third-order valence-electron chi connectivity index (χ3n) is 4.09. The van der Waals surface area contributed by atoms with Crippen molar-refractivity contribution in [1.82, 2.24) is 9.88 Å². The maximum atomic E-state index is 12.4. The van der Waals surface area contributed by atoms with Crippen LogP contribution in [0.1, 0.15) is 12.8 Å². The molecule has 2 amide bonds. The van der Waals surface area contributed by atoms with Gasteiger partial charge in [-0.25, -0.2) is 4.79 Å². The van der Waals surface area contributed by atoms with E-state index in [9.17, 15) is 9.59 Å². The number of halogens is 1. The summed E-state index contributed by atoms with van der Waals surface area (Å²) < 4.78 is 0.917. The number of piperidine rings is 1. The number of nitrogens with one attached hydrogen (secondary N) is 1. The zero-order valence-corrected chi connectivity index (χ0v) is 13.9. The lowest BCUT2D eigenvalue weighted by atomic mass is 9.97. The fraction of sp³-hybridized carbons (Fsp3) is 0.312. The first-order valence-electron chi connectivity index (χ1n) is 7.38. The predicted molar refractivity (Wildman–Crippen MR) is 90.4 cm³/mol. The van der Waals surface area contributed by atoms with E-state index in [0.717, 1.165) is 15.4 Å². The van der Waals surface area contributed by atoms with Gasteiger partial charge in [-0.1, -0.05) is 28.1 Å². The second kappa shape index (κ2) is 6.54. The smallest absolute Gasteiger partial charge is 0.321 e. The van der Waals surface area contributed by atoms with Crippen molar-refractivity contribution in [3.63, 3.8) is 0 Å². The summed E-state index contributed by atoms with van der Waals surface area (Å²) in [5, 5.41) is 12.8. The van der Waals surface area contributed by atoms with E-state index >= 15 is 0 Å². The van der Waals surface area contributed by atoms with Crippen molar-refractivity contribution in [2.75, 3.05) is 18.4 Å². The molecule has 6 nitrogen and oxygen atoms in total. The Morgan fingerprint density at radius 3 is 2.70 bits per heavy atom. The van der Waals surface area contributed by atoms with Crippen LogP contribution in [0.4, 0.5) is 10.5 Å². The van der Waals surface area contributed by atoms with E-state index in [4.69, 9.17) is 5.11 Å². The van der Waals surface area contributed by atoms with Crippen molar-refractivity contribution in [3.8, 4) is 0 Å². The predicted octanol–water partition coefficient (Wildman–Crippen LogP) is 3.33. The number of amides is 2. The highest BCUT2D eigenvalue weighted by Gasteiger charge is 2.27. The summed E-state index contributed by atoms with van der Waals surface area (Å²) in [5.41, 5.74) is 1.37. The minimum absolute atomic E-state index is 0.219. The largest absolute Gasteiger partial charge is 0.481 e. The van der Waals surface area contributed by atoms with Crippen LogP contribution in [0.25, 0.3) is 10.9 Å². The monoisotopic (exact) mass is 377 g/mol. The van der Waals surface area contributed by atoms with E-state index in [1.807, 2.05) is 24.3 Å². The molecule has 1 aliphatic heterocycles. The van der Waals surface area contributed by atoms with Crippen molar-refractivity contribution < 1.29 is 14.7 Å². The van der Waals surface area contributed by atoms with Crippen molar-refractivity contribution in [2.45, 2.75) is 12.8 Å². The maximum Gasteiger partial charge on any atom is 0.321 e. The second-order valence-electron chi connectivity index (χ2n) is 5.52. The third kappa shape index (κ3) is 3.29. The van der Waals surface area contributed by atoms with Gasteiger partial charge in [-0.15, -0.1) is 0 Å². The van der Waals surface area contributed by atoms with Crippen LogP contribution >= 0.6 is 15.9 Å². The summed E-state index contributed by atoms with van der Waals surface area (Å²) in [7, 11) is 0. The van der Waals surface area contributed by atoms with Gasteiger partial charge >= 0.3 is 12.0 Å². The Balaban J connectivity index is 1.74. The van der Waals surface area contributed by atoms with Gasteiger partial charge in [0.05, 0.1) is 17.1 Å². The number of carbonyl (C=O) groups is 2. The Labute approximate surface area is 141 Å². The third-order valence-corrected chi connectivity index (χ3v) is 4.78. The zero-order valence-electron chi connectivity index (χ0n) is 12.3. The molecule has 23 heavy (non-hydrogen) atoms. The normalized spacial score (nSPS) is 15.6. The minimum atomic E-state index is -0.784. The van der Waals surface area contributed by atoms with Crippen LogP contribution in [-0.2, 0) is 4.79 Å². The zero-order chi connectivity index (χ0) is 16.4. The summed E-state index contributed by atoms with van der Waals surface area (Å²) >= 11 is 3.48. The van der Waals surface area contributed by atoms with Crippen LogP contribution in [0.15, 0.2) is 34.9 Å². The number of fused-ring (bicyclic) bond motifs is 1. The van der Waals surface area contributed by atoms with Crippen LogP contribution in [-0.4, -0.2) is 40.1 Å². The van der Waals surface area contributed by atoms with Gasteiger partial charge in [0.15, 0.2) is 0 Å². The molecule has 1 aromatic heterocycles. The van der Waals surface area contributed by atoms with E-state index in [0.29, 0.717) is 31.6 Å². The molecule has 1 aliphatic rings. The molecule has 0 atom stereocenters. The molecule has 0 unspecified atom stereocenters. The van der Waals surface area contributed by atoms with E-state index < -0.39 is 5.97 Å². The Morgan fingerprint density at radius 2 is 2.00 bits per heavy atom. The van der Waals surface area contributed by atoms with Crippen LogP contribution in [0.5, 0.6) is 0 Å². The lowest BCUT2D eigenvalue weighted by Gasteiger charge is -2.30. The number of carboxylic acids is 1. The number of pyridine rings is 1. The quantitative estimate of drug-likeness (QED) is 0.840. The van der Waals surface area contributed by atoms with Crippen molar-refractivity contribution >= 4 is 44.5 Å². The summed E-state index contributed by atoms with van der Waals surface area (Å²) in [4.78, 5) is 29.4. The first-order chi connectivity index (χ1) is 11.1. The fourth-order valence-corrected chi connectivity index (χ4v) is 3.21. The Bertz CT molecular complexity index is 757. The number of likely N-dealkylation sites (tertiary alicyclic amines) is 1. The van der Waals surface area contributed by atoms with Crippen LogP contribution in [0.2, 0.25) is 0 Å². The number of nitrogens with zero attached hydrogens (tertiary/aromatic N) is 2. The number of benzene rings is 1. The average molecular weight is 378 g/mol. The number of rotatable bonds is 2. The molecule has 1 fully saturated rings. The van der Waals surface area contributed by atoms with Gasteiger partial charge in [-0.2, -0.15) is 0 Å². The molecule has 1 aromatic carbocycles.